The van der Waals surface area contributed by atoms with E-state index in [1.165, 1.54) is 9.75 Å². The van der Waals surface area contributed by atoms with Crippen LogP contribution in [0.5, 0.6) is 0 Å². The van der Waals surface area contributed by atoms with E-state index in [9.17, 15) is 0 Å². The van der Waals surface area contributed by atoms with Crippen molar-refractivity contribution in [2.24, 2.45) is 0 Å². The summed E-state index contributed by atoms with van der Waals surface area (Å²) in [4.78, 5) is 2.64. The molecule has 2 heterocycles. The molecule has 1 unspecified atom stereocenters. The standard InChI is InChI=1S/C12H14ClNOS/c1-3-8-4-6-10(16-8)12(14-2)9-5-7-11(13)15-9/h4-7,12,14H,3H2,1-2H3. The number of thiophene rings is 1. The number of rotatable bonds is 4. The monoisotopic (exact) mass is 255 g/mol. The van der Waals surface area contributed by atoms with Crippen LogP contribution < -0.4 is 5.32 Å². The largest absolute Gasteiger partial charge is 0.448 e. The molecule has 1 atom stereocenters. The van der Waals surface area contributed by atoms with Crippen LogP contribution in [0.1, 0.15) is 28.5 Å². The highest BCUT2D eigenvalue weighted by molar-refractivity contribution is 7.12. The van der Waals surface area contributed by atoms with Gasteiger partial charge < -0.3 is 9.73 Å². The fourth-order valence-corrected chi connectivity index (χ4v) is 2.87. The molecule has 2 aromatic heterocycles. The van der Waals surface area contributed by atoms with E-state index in [1.807, 2.05) is 13.1 Å². The molecule has 0 saturated carbocycles. The number of nitrogens with one attached hydrogen (secondary N) is 1. The Balaban J connectivity index is 2.28. The van der Waals surface area contributed by atoms with Crippen molar-refractivity contribution in [2.45, 2.75) is 19.4 Å². The summed E-state index contributed by atoms with van der Waals surface area (Å²) in [6.07, 6.45) is 1.07. The molecule has 0 aliphatic carbocycles. The molecular weight excluding hydrogens is 242 g/mol. The normalized spacial score (nSPS) is 12.9. The maximum absolute atomic E-state index is 5.79. The van der Waals surface area contributed by atoms with Gasteiger partial charge in [0.15, 0.2) is 5.22 Å². The number of halogens is 1. The van der Waals surface area contributed by atoms with Crippen LogP contribution in [0, 0.1) is 0 Å². The summed E-state index contributed by atoms with van der Waals surface area (Å²) in [5.74, 6) is 0.858. The summed E-state index contributed by atoms with van der Waals surface area (Å²) in [5.41, 5.74) is 0. The van der Waals surface area contributed by atoms with Crippen LogP contribution in [0.2, 0.25) is 5.22 Å². The summed E-state index contributed by atoms with van der Waals surface area (Å²) >= 11 is 7.59. The average Bonchev–Trinajstić information content (AvgIpc) is 2.89. The van der Waals surface area contributed by atoms with Gasteiger partial charge in [-0.25, -0.2) is 0 Å². The Hall–Kier alpha value is -0.770. The van der Waals surface area contributed by atoms with E-state index < -0.39 is 0 Å². The van der Waals surface area contributed by atoms with Crippen LogP contribution in [0.3, 0.4) is 0 Å². The van der Waals surface area contributed by atoms with E-state index in [-0.39, 0.29) is 6.04 Å². The van der Waals surface area contributed by atoms with Crippen LogP contribution in [0.15, 0.2) is 28.7 Å². The third kappa shape index (κ3) is 2.32. The summed E-state index contributed by atoms with van der Waals surface area (Å²) in [6.45, 7) is 2.16. The van der Waals surface area contributed by atoms with Crippen LogP contribution >= 0.6 is 22.9 Å². The highest BCUT2D eigenvalue weighted by Gasteiger charge is 2.17. The van der Waals surface area contributed by atoms with E-state index in [0.717, 1.165) is 12.2 Å². The molecule has 0 radical (unpaired) electrons. The molecule has 2 aromatic rings. The van der Waals surface area contributed by atoms with E-state index in [0.29, 0.717) is 5.22 Å². The van der Waals surface area contributed by atoms with Gasteiger partial charge in [-0.15, -0.1) is 11.3 Å². The van der Waals surface area contributed by atoms with E-state index >= 15 is 0 Å². The predicted octanol–water partition coefficient (Wildman–Crippen LogP) is 3.87. The maximum atomic E-state index is 5.79. The SMILES string of the molecule is CCc1ccc(C(NC)c2ccc(Cl)o2)s1. The fourth-order valence-electron chi connectivity index (χ4n) is 1.65. The zero-order valence-corrected chi connectivity index (χ0v) is 10.9. The number of furan rings is 1. The van der Waals surface area contributed by atoms with Crippen LogP contribution in [-0.4, -0.2) is 7.05 Å². The zero-order chi connectivity index (χ0) is 11.5. The number of hydrogen-bond donors (Lipinski definition) is 1. The number of aryl methyl sites for hydroxylation is 1. The van der Waals surface area contributed by atoms with Gasteiger partial charge in [0.25, 0.3) is 0 Å². The van der Waals surface area contributed by atoms with Gasteiger partial charge in [0, 0.05) is 9.75 Å². The minimum Gasteiger partial charge on any atom is -0.448 e. The molecule has 0 aliphatic heterocycles. The van der Waals surface area contributed by atoms with Gasteiger partial charge in [0.2, 0.25) is 0 Å². The molecule has 0 saturated heterocycles. The molecule has 0 aromatic carbocycles. The second-order valence-corrected chi connectivity index (χ2v) is 5.09. The molecule has 0 bridgehead atoms. The summed E-state index contributed by atoms with van der Waals surface area (Å²) in [5, 5.41) is 3.68. The lowest BCUT2D eigenvalue weighted by atomic mass is 10.2. The van der Waals surface area contributed by atoms with Crippen molar-refractivity contribution in [3.8, 4) is 0 Å². The van der Waals surface area contributed by atoms with Gasteiger partial charge in [0.05, 0.1) is 0 Å². The van der Waals surface area contributed by atoms with Crippen LogP contribution in [0.25, 0.3) is 0 Å². The first-order valence-corrected chi connectivity index (χ1v) is 6.45. The Labute approximate surface area is 104 Å². The summed E-state index contributed by atoms with van der Waals surface area (Å²) in [6, 6.07) is 8.08. The van der Waals surface area contributed by atoms with Gasteiger partial charge in [-0.2, -0.15) is 0 Å². The van der Waals surface area contributed by atoms with Crippen molar-refractivity contribution in [3.05, 3.63) is 45.0 Å². The lowest BCUT2D eigenvalue weighted by molar-refractivity contribution is 0.468. The lowest BCUT2D eigenvalue weighted by Crippen LogP contribution is -2.15. The highest BCUT2D eigenvalue weighted by atomic mass is 35.5. The van der Waals surface area contributed by atoms with Gasteiger partial charge in [-0.05, 0) is 49.3 Å². The van der Waals surface area contributed by atoms with Gasteiger partial charge in [0.1, 0.15) is 11.8 Å². The third-order valence-corrected chi connectivity index (χ3v) is 3.98. The van der Waals surface area contributed by atoms with Crippen molar-refractivity contribution in [3.63, 3.8) is 0 Å². The van der Waals surface area contributed by atoms with Gasteiger partial charge in [-0.3, -0.25) is 0 Å². The molecule has 16 heavy (non-hydrogen) atoms. The van der Waals surface area contributed by atoms with Crippen molar-refractivity contribution < 1.29 is 4.42 Å². The average molecular weight is 256 g/mol. The Morgan fingerprint density at radius 3 is 2.69 bits per heavy atom. The molecule has 0 amide bonds. The predicted molar refractivity (Wildman–Crippen MR) is 68.3 cm³/mol. The Kier molecular flexibility index (Phi) is 3.69. The molecule has 2 rings (SSSR count). The Morgan fingerprint density at radius 2 is 2.19 bits per heavy atom. The highest BCUT2D eigenvalue weighted by Crippen LogP contribution is 2.30. The maximum Gasteiger partial charge on any atom is 0.193 e. The fraction of sp³-hybridized carbons (Fsp3) is 0.333. The first kappa shape index (κ1) is 11.7. The Morgan fingerprint density at radius 1 is 1.38 bits per heavy atom. The minimum atomic E-state index is 0.0952. The molecule has 4 heteroatoms. The van der Waals surface area contributed by atoms with Crippen LogP contribution in [0.4, 0.5) is 0 Å². The Bertz CT molecular complexity index is 463. The first-order valence-electron chi connectivity index (χ1n) is 5.25. The van der Waals surface area contributed by atoms with Crippen molar-refractivity contribution >= 4 is 22.9 Å². The summed E-state index contributed by atoms with van der Waals surface area (Å²) in [7, 11) is 1.92. The molecular formula is C12H14ClNOS. The molecule has 86 valence electrons. The second kappa shape index (κ2) is 5.04. The zero-order valence-electron chi connectivity index (χ0n) is 9.29. The second-order valence-electron chi connectivity index (χ2n) is 3.52. The first-order chi connectivity index (χ1) is 7.74. The number of hydrogen-bond acceptors (Lipinski definition) is 3. The quantitative estimate of drug-likeness (QED) is 0.897. The van der Waals surface area contributed by atoms with Crippen molar-refractivity contribution in [1.82, 2.24) is 5.32 Å². The molecule has 2 nitrogen and oxygen atoms in total. The molecule has 0 fully saturated rings. The van der Waals surface area contributed by atoms with E-state index in [2.05, 4.69) is 24.4 Å². The van der Waals surface area contributed by atoms with Gasteiger partial charge >= 0.3 is 0 Å². The van der Waals surface area contributed by atoms with Crippen molar-refractivity contribution in [2.75, 3.05) is 7.05 Å². The van der Waals surface area contributed by atoms with Crippen molar-refractivity contribution in [1.29, 1.82) is 0 Å². The lowest BCUT2D eigenvalue weighted by Gasteiger charge is -2.10. The van der Waals surface area contributed by atoms with E-state index in [1.54, 1.807) is 17.4 Å². The molecule has 0 spiro atoms. The third-order valence-electron chi connectivity index (χ3n) is 2.48. The molecule has 0 aliphatic rings. The minimum absolute atomic E-state index is 0.0952. The van der Waals surface area contributed by atoms with Crippen LogP contribution in [-0.2, 0) is 6.42 Å². The smallest absolute Gasteiger partial charge is 0.193 e. The molecule has 1 N–H and O–H groups in total. The summed E-state index contributed by atoms with van der Waals surface area (Å²) < 4.78 is 5.44. The van der Waals surface area contributed by atoms with Gasteiger partial charge in [-0.1, -0.05) is 6.92 Å². The van der Waals surface area contributed by atoms with E-state index in [4.69, 9.17) is 16.0 Å². The topological polar surface area (TPSA) is 25.2 Å².